The first-order valence-corrected chi connectivity index (χ1v) is 5.94. The van der Waals surface area contributed by atoms with Crippen LogP contribution in [0.15, 0.2) is 30.3 Å². The van der Waals surface area contributed by atoms with Crippen LogP contribution in [-0.2, 0) is 9.53 Å². The number of pyridine rings is 1. The van der Waals surface area contributed by atoms with Crippen LogP contribution in [0, 0.1) is 6.92 Å². The molecule has 0 aliphatic rings. The number of rotatable bonds is 4. The molecule has 94 valence electrons. The zero-order valence-corrected chi connectivity index (χ0v) is 10.6. The Bertz CT molecular complexity index is 567. The standard InChI is InChI=1S/C14H16N2O2/c1-3-18-9-13(17)16-12-6-4-5-11-8-7-10(2)15-14(11)12/h4-8H,3,9H2,1-2H3,(H,16,17). The molecule has 0 bridgehead atoms. The normalized spacial score (nSPS) is 10.6. The lowest BCUT2D eigenvalue weighted by Crippen LogP contribution is -2.18. The van der Waals surface area contributed by atoms with Crippen molar-refractivity contribution in [1.29, 1.82) is 0 Å². The molecule has 4 nitrogen and oxygen atoms in total. The third kappa shape index (κ3) is 2.84. The first-order valence-electron chi connectivity index (χ1n) is 5.94. The summed E-state index contributed by atoms with van der Waals surface area (Å²) < 4.78 is 5.07. The van der Waals surface area contributed by atoms with Gasteiger partial charge in [-0.25, -0.2) is 0 Å². The minimum absolute atomic E-state index is 0.0682. The van der Waals surface area contributed by atoms with E-state index in [9.17, 15) is 4.79 Å². The summed E-state index contributed by atoms with van der Waals surface area (Å²) in [6.07, 6.45) is 0. The number of nitrogens with zero attached hydrogens (tertiary/aromatic N) is 1. The molecule has 0 saturated carbocycles. The van der Waals surface area contributed by atoms with E-state index in [2.05, 4.69) is 10.3 Å². The number of aryl methyl sites for hydroxylation is 1. The van der Waals surface area contributed by atoms with E-state index in [0.717, 1.165) is 22.3 Å². The van der Waals surface area contributed by atoms with E-state index in [0.29, 0.717) is 6.61 Å². The zero-order chi connectivity index (χ0) is 13.0. The first kappa shape index (κ1) is 12.5. The van der Waals surface area contributed by atoms with Crippen molar-refractivity contribution in [1.82, 2.24) is 4.98 Å². The van der Waals surface area contributed by atoms with Crippen LogP contribution < -0.4 is 5.32 Å². The van der Waals surface area contributed by atoms with E-state index < -0.39 is 0 Å². The van der Waals surface area contributed by atoms with Gasteiger partial charge in [0.15, 0.2) is 0 Å². The molecule has 4 heteroatoms. The Balaban J connectivity index is 2.27. The summed E-state index contributed by atoms with van der Waals surface area (Å²) in [7, 11) is 0. The van der Waals surface area contributed by atoms with Crippen molar-refractivity contribution in [3.63, 3.8) is 0 Å². The van der Waals surface area contributed by atoms with E-state index >= 15 is 0 Å². The fourth-order valence-corrected chi connectivity index (χ4v) is 1.73. The van der Waals surface area contributed by atoms with Crippen molar-refractivity contribution in [2.75, 3.05) is 18.5 Å². The van der Waals surface area contributed by atoms with Crippen LogP contribution in [0.4, 0.5) is 5.69 Å². The van der Waals surface area contributed by atoms with Gasteiger partial charge in [-0.1, -0.05) is 18.2 Å². The minimum atomic E-state index is -0.160. The Kier molecular flexibility index (Phi) is 3.89. The van der Waals surface area contributed by atoms with E-state index in [1.165, 1.54) is 0 Å². The summed E-state index contributed by atoms with van der Waals surface area (Å²) in [5.74, 6) is -0.160. The molecule has 2 aromatic rings. The van der Waals surface area contributed by atoms with Gasteiger partial charge in [0.25, 0.3) is 0 Å². The number of hydrogen-bond donors (Lipinski definition) is 1. The molecule has 1 heterocycles. The average molecular weight is 244 g/mol. The van der Waals surface area contributed by atoms with Gasteiger partial charge in [-0.2, -0.15) is 0 Å². The highest BCUT2D eigenvalue weighted by atomic mass is 16.5. The predicted octanol–water partition coefficient (Wildman–Crippen LogP) is 2.52. The van der Waals surface area contributed by atoms with Crippen molar-refractivity contribution in [2.45, 2.75) is 13.8 Å². The molecule has 0 aliphatic carbocycles. The molecule has 18 heavy (non-hydrogen) atoms. The minimum Gasteiger partial charge on any atom is -0.372 e. The third-order valence-electron chi connectivity index (χ3n) is 2.57. The lowest BCUT2D eigenvalue weighted by atomic mass is 10.1. The molecule has 0 radical (unpaired) electrons. The number of aromatic nitrogens is 1. The van der Waals surface area contributed by atoms with Gasteiger partial charge in [-0.15, -0.1) is 0 Å². The van der Waals surface area contributed by atoms with Crippen LogP contribution >= 0.6 is 0 Å². The van der Waals surface area contributed by atoms with E-state index in [1.807, 2.05) is 44.2 Å². The van der Waals surface area contributed by atoms with Gasteiger partial charge < -0.3 is 10.1 Å². The van der Waals surface area contributed by atoms with Gasteiger partial charge in [0.05, 0.1) is 11.2 Å². The van der Waals surface area contributed by atoms with Crippen LogP contribution in [0.1, 0.15) is 12.6 Å². The molecule has 0 fully saturated rings. The van der Waals surface area contributed by atoms with Crippen molar-refractivity contribution in [3.8, 4) is 0 Å². The second-order valence-electron chi connectivity index (χ2n) is 4.02. The van der Waals surface area contributed by atoms with Crippen LogP contribution in [0.25, 0.3) is 10.9 Å². The number of ether oxygens (including phenoxy) is 1. The van der Waals surface area contributed by atoms with Gasteiger partial charge in [-0.05, 0) is 26.0 Å². The second-order valence-corrected chi connectivity index (χ2v) is 4.02. The van der Waals surface area contributed by atoms with Gasteiger partial charge in [0.1, 0.15) is 6.61 Å². The van der Waals surface area contributed by atoms with Crippen LogP contribution in [-0.4, -0.2) is 24.1 Å². The van der Waals surface area contributed by atoms with Crippen molar-refractivity contribution in [3.05, 3.63) is 36.0 Å². The smallest absolute Gasteiger partial charge is 0.250 e. The number of fused-ring (bicyclic) bond motifs is 1. The fraction of sp³-hybridized carbons (Fsp3) is 0.286. The highest BCUT2D eigenvalue weighted by Gasteiger charge is 2.06. The number of benzene rings is 1. The van der Waals surface area contributed by atoms with E-state index in [-0.39, 0.29) is 12.5 Å². The maximum atomic E-state index is 11.6. The summed E-state index contributed by atoms with van der Waals surface area (Å²) in [4.78, 5) is 16.1. The Labute approximate surface area is 106 Å². The Morgan fingerprint density at radius 2 is 2.17 bits per heavy atom. The molecule has 2 rings (SSSR count). The SMILES string of the molecule is CCOCC(=O)Nc1cccc2ccc(C)nc12. The Morgan fingerprint density at radius 1 is 1.33 bits per heavy atom. The van der Waals surface area contributed by atoms with Crippen LogP contribution in [0.2, 0.25) is 0 Å². The van der Waals surface area contributed by atoms with Crippen LogP contribution in [0.5, 0.6) is 0 Å². The summed E-state index contributed by atoms with van der Waals surface area (Å²) in [6.45, 7) is 4.38. The van der Waals surface area contributed by atoms with Crippen molar-refractivity contribution >= 4 is 22.5 Å². The molecule has 0 spiro atoms. The maximum Gasteiger partial charge on any atom is 0.250 e. The van der Waals surface area contributed by atoms with Gasteiger partial charge in [-0.3, -0.25) is 9.78 Å². The first-order chi connectivity index (χ1) is 8.70. The highest BCUT2D eigenvalue weighted by molar-refractivity contribution is 6.00. The fourth-order valence-electron chi connectivity index (χ4n) is 1.73. The lowest BCUT2D eigenvalue weighted by Gasteiger charge is -2.08. The number of carbonyl (C=O) groups excluding carboxylic acids is 1. The molecule has 0 aliphatic heterocycles. The zero-order valence-electron chi connectivity index (χ0n) is 10.6. The Morgan fingerprint density at radius 3 is 2.94 bits per heavy atom. The highest BCUT2D eigenvalue weighted by Crippen LogP contribution is 2.21. The Hall–Kier alpha value is -1.94. The number of nitrogens with one attached hydrogen (secondary N) is 1. The van der Waals surface area contributed by atoms with Crippen molar-refractivity contribution in [2.24, 2.45) is 0 Å². The summed E-state index contributed by atoms with van der Waals surface area (Å²) in [6, 6.07) is 9.66. The quantitative estimate of drug-likeness (QED) is 0.899. The molecule has 1 amide bonds. The van der Waals surface area contributed by atoms with Gasteiger partial charge >= 0.3 is 0 Å². The van der Waals surface area contributed by atoms with Crippen LogP contribution in [0.3, 0.4) is 0 Å². The number of carbonyl (C=O) groups is 1. The van der Waals surface area contributed by atoms with Gasteiger partial charge in [0, 0.05) is 17.7 Å². The van der Waals surface area contributed by atoms with Crippen molar-refractivity contribution < 1.29 is 9.53 Å². The van der Waals surface area contributed by atoms with Gasteiger partial charge in [0.2, 0.25) is 5.91 Å². The molecule has 0 saturated heterocycles. The summed E-state index contributed by atoms with van der Waals surface area (Å²) in [5, 5.41) is 3.83. The molecule has 1 aromatic heterocycles. The molecule has 0 atom stereocenters. The number of para-hydroxylation sites is 1. The predicted molar refractivity (Wildman–Crippen MR) is 71.6 cm³/mol. The largest absolute Gasteiger partial charge is 0.372 e. The molecule has 1 aromatic carbocycles. The number of anilines is 1. The summed E-state index contributed by atoms with van der Waals surface area (Å²) in [5.41, 5.74) is 2.46. The monoisotopic (exact) mass is 244 g/mol. The molecule has 0 unspecified atom stereocenters. The van der Waals surface area contributed by atoms with E-state index in [1.54, 1.807) is 0 Å². The summed E-state index contributed by atoms with van der Waals surface area (Å²) >= 11 is 0. The average Bonchev–Trinajstić information content (AvgIpc) is 2.37. The molecule has 1 N–H and O–H groups in total. The number of amides is 1. The molecular formula is C14H16N2O2. The third-order valence-corrected chi connectivity index (χ3v) is 2.57. The maximum absolute atomic E-state index is 11.6. The topological polar surface area (TPSA) is 51.2 Å². The molecular weight excluding hydrogens is 228 g/mol. The lowest BCUT2D eigenvalue weighted by molar-refractivity contribution is -0.120. The number of hydrogen-bond acceptors (Lipinski definition) is 3. The van der Waals surface area contributed by atoms with E-state index in [4.69, 9.17) is 4.74 Å². The second kappa shape index (κ2) is 5.60.